The van der Waals surface area contributed by atoms with Gasteiger partial charge < -0.3 is 20.8 Å². The van der Waals surface area contributed by atoms with Crippen molar-refractivity contribution in [2.24, 2.45) is 0 Å². The number of rotatable bonds is 0. The van der Waals surface area contributed by atoms with E-state index in [2.05, 4.69) is 5.92 Å². The molecule has 0 atom stereocenters. The molecule has 0 saturated carbocycles. The van der Waals surface area contributed by atoms with Crippen molar-refractivity contribution in [2.75, 3.05) is 5.73 Å². The van der Waals surface area contributed by atoms with Gasteiger partial charge in [0.25, 0.3) is 0 Å². The Balaban J connectivity index is 0.000000310. The zero-order valence-corrected chi connectivity index (χ0v) is 6.88. The average molecular weight is 179 g/mol. The second-order valence-corrected chi connectivity index (χ2v) is 2.11. The minimum absolute atomic E-state index is 0.744. The summed E-state index contributed by atoms with van der Waals surface area (Å²) in [4.78, 5) is 0. The van der Waals surface area contributed by atoms with Crippen LogP contribution in [-0.4, -0.2) is 22.4 Å². The predicted molar refractivity (Wildman–Crippen MR) is 51.2 cm³/mol. The average Bonchev–Trinajstić information content (AvgIpc) is 2.05. The molecule has 5 N–H and O–H groups in total. The van der Waals surface area contributed by atoms with Crippen LogP contribution in [0.3, 0.4) is 0 Å². The molecule has 0 aliphatic carbocycles. The molecular formula is C8H10BNO3. The summed E-state index contributed by atoms with van der Waals surface area (Å²) in [5.41, 5.74) is 7.02. The van der Waals surface area contributed by atoms with E-state index in [0.29, 0.717) is 0 Å². The first-order valence-electron chi connectivity index (χ1n) is 3.42. The topological polar surface area (TPSA) is 86.7 Å². The normalized spacial score (nSPS) is 7.85. The van der Waals surface area contributed by atoms with Gasteiger partial charge in [-0.15, -0.1) is 6.42 Å². The van der Waals surface area contributed by atoms with E-state index in [1.165, 1.54) is 0 Å². The first kappa shape index (κ1) is 11.5. The fourth-order valence-corrected chi connectivity index (χ4v) is 0.579. The number of nitrogen functional groups attached to an aromatic ring is 1. The lowest BCUT2D eigenvalue weighted by atomic mass is 10.2. The molecule has 0 aliphatic rings. The molecule has 0 heterocycles. The van der Waals surface area contributed by atoms with Crippen LogP contribution in [0.5, 0.6) is 0 Å². The van der Waals surface area contributed by atoms with E-state index < -0.39 is 7.32 Å². The van der Waals surface area contributed by atoms with Gasteiger partial charge in [0, 0.05) is 11.3 Å². The summed E-state index contributed by atoms with van der Waals surface area (Å²) in [5.74, 6) is 2.50. The van der Waals surface area contributed by atoms with E-state index in [9.17, 15) is 0 Å². The molecule has 0 fully saturated rings. The van der Waals surface area contributed by atoms with Crippen molar-refractivity contribution in [1.82, 2.24) is 0 Å². The van der Waals surface area contributed by atoms with Crippen molar-refractivity contribution < 1.29 is 15.1 Å². The molecule has 0 unspecified atom stereocenters. The maximum absolute atomic E-state index is 7.17. The fraction of sp³-hybridized carbons (Fsp3) is 0. The highest BCUT2D eigenvalue weighted by Gasteiger charge is 1.92. The van der Waals surface area contributed by atoms with Crippen LogP contribution in [-0.2, 0) is 0 Å². The van der Waals surface area contributed by atoms with Crippen LogP contribution in [0.2, 0.25) is 0 Å². The molecule has 0 saturated heterocycles. The highest BCUT2D eigenvalue weighted by Crippen LogP contribution is 2.02. The Morgan fingerprint density at radius 2 is 1.54 bits per heavy atom. The molecule has 0 amide bonds. The van der Waals surface area contributed by atoms with E-state index in [1.807, 2.05) is 12.1 Å². The Hall–Kier alpha value is -1.48. The summed E-state index contributed by atoms with van der Waals surface area (Å²) in [6.45, 7) is 0. The monoisotopic (exact) mass is 179 g/mol. The van der Waals surface area contributed by atoms with E-state index in [4.69, 9.17) is 27.2 Å². The summed E-state index contributed by atoms with van der Waals surface area (Å²) >= 11 is 0. The van der Waals surface area contributed by atoms with Crippen molar-refractivity contribution in [2.45, 2.75) is 0 Å². The molecule has 68 valence electrons. The summed E-state index contributed by atoms with van der Waals surface area (Å²) in [7, 11) is -2.17. The number of nitrogens with two attached hydrogens (primary N) is 1. The number of benzene rings is 1. The Labute approximate surface area is 76.8 Å². The summed E-state index contributed by atoms with van der Waals surface area (Å²) in [6.07, 6.45) is 5.11. The molecule has 0 bridgehead atoms. The van der Waals surface area contributed by atoms with E-state index in [1.54, 1.807) is 12.1 Å². The van der Waals surface area contributed by atoms with Gasteiger partial charge in [-0.3, -0.25) is 0 Å². The number of hydrogen-bond donors (Lipinski definition) is 4. The lowest BCUT2D eigenvalue weighted by Gasteiger charge is -1.89. The number of terminal acetylenes is 1. The van der Waals surface area contributed by atoms with Crippen LogP contribution in [0.25, 0.3) is 0 Å². The Bertz CT molecular complexity index is 276. The fourth-order valence-electron chi connectivity index (χ4n) is 0.579. The second-order valence-electron chi connectivity index (χ2n) is 2.11. The van der Waals surface area contributed by atoms with Crippen LogP contribution in [0.15, 0.2) is 24.3 Å². The highest BCUT2D eigenvalue weighted by molar-refractivity contribution is 6.30. The molecule has 0 aliphatic heterocycles. The zero-order valence-electron chi connectivity index (χ0n) is 6.88. The smallest absolute Gasteiger partial charge is 0.402 e. The molecule has 13 heavy (non-hydrogen) atoms. The largest absolute Gasteiger partial charge is 0.631 e. The van der Waals surface area contributed by atoms with Crippen molar-refractivity contribution in [3.8, 4) is 12.3 Å². The standard InChI is InChI=1S/C8H7N.BH3O3/c1-2-7-3-5-8(9)6-4-7;2-1(3)4/h1,3-6H,9H2;2-4H. The van der Waals surface area contributed by atoms with E-state index >= 15 is 0 Å². The summed E-state index contributed by atoms with van der Waals surface area (Å²) in [5, 5.41) is 21.5. The third-order valence-electron chi connectivity index (χ3n) is 1.08. The van der Waals surface area contributed by atoms with Crippen molar-refractivity contribution in [1.29, 1.82) is 0 Å². The lowest BCUT2D eigenvalue weighted by Crippen LogP contribution is -2.07. The second kappa shape index (κ2) is 6.09. The quantitative estimate of drug-likeness (QED) is 0.238. The maximum Gasteiger partial charge on any atom is 0.631 e. The van der Waals surface area contributed by atoms with Gasteiger partial charge in [0.15, 0.2) is 0 Å². The highest BCUT2D eigenvalue weighted by atomic mass is 16.5. The van der Waals surface area contributed by atoms with Crippen molar-refractivity contribution in [3.05, 3.63) is 29.8 Å². The van der Waals surface area contributed by atoms with Crippen molar-refractivity contribution in [3.63, 3.8) is 0 Å². The SMILES string of the molecule is C#Cc1ccc(N)cc1.OB(O)O. The van der Waals surface area contributed by atoms with Crippen LogP contribution < -0.4 is 5.73 Å². The van der Waals surface area contributed by atoms with Crippen LogP contribution in [0.1, 0.15) is 5.56 Å². The van der Waals surface area contributed by atoms with Gasteiger partial charge in [-0.1, -0.05) is 5.92 Å². The van der Waals surface area contributed by atoms with Gasteiger partial charge in [-0.2, -0.15) is 0 Å². The molecule has 0 aromatic heterocycles. The van der Waals surface area contributed by atoms with Crippen LogP contribution in [0.4, 0.5) is 5.69 Å². The minimum atomic E-state index is -2.17. The van der Waals surface area contributed by atoms with Crippen LogP contribution >= 0.6 is 0 Å². The summed E-state index contributed by atoms with van der Waals surface area (Å²) < 4.78 is 0. The molecule has 4 nitrogen and oxygen atoms in total. The van der Waals surface area contributed by atoms with Gasteiger partial charge in [0.05, 0.1) is 0 Å². The molecule has 1 aromatic rings. The summed E-state index contributed by atoms with van der Waals surface area (Å²) in [6, 6.07) is 7.20. The third-order valence-corrected chi connectivity index (χ3v) is 1.08. The van der Waals surface area contributed by atoms with Gasteiger partial charge in [-0.05, 0) is 24.3 Å². The molecule has 1 rings (SSSR count). The van der Waals surface area contributed by atoms with E-state index in [-0.39, 0.29) is 0 Å². The lowest BCUT2D eigenvalue weighted by molar-refractivity contribution is 0.278. The van der Waals surface area contributed by atoms with Gasteiger partial charge in [-0.25, -0.2) is 0 Å². The van der Waals surface area contributed by atoms with Crippen LogP contribution in [0, 0.1) is 12.3 Å². The van der Waals surface area contributed by atoms with E-state index in [0.717, 1.165) is 11.3 Å². The van der Waals surface area contributed by atoms with Gasteiger partial charge in [0.1, 0.15) is 0 Å². The Morgan fingerprint density at radius 3 is 1.85 bits per heavy atom. The number of hydrogen-bond acceptors (Lipinski definition) is 4. The molecule has 1 aromatic carbocycles. The first-order valence-corrected chi connectivity index (χ1v) is 3.42. The van der Waals surface area contributed by atoms with Gasteiger partial charge >= 0.3 is 7.32 Å². The third kappa shape index (κ3) is 6.90. The number of anilines is 1. The predicted octanol–water partition coefficient (Wildman–Crippen LogP) is -0.802. The molecule has 0 radical (unpaired) electrons. The minimum Gasteiger partial charge on any atom is -0.402 e. The van der Waals surface area contributed by atoms with Crippen molar-refractivity contribution >= 4 is 13.0 Å². The first-order chi connectivity index (χ1) is 6.06. The molecule has 5 heteroatoms. The Kier molecular flexibility index (Phi) is 5.40. The molecular weight excluding hydrogens is 169 g/mol. The van der Waals surface area contributed by atoms with Gasteiger partial charge in [0.2, 0.25) is 0 Å². The zero-order chi connectivity index (χ0) is 10.3. The maximum atomic E-state index is 7.17. The molecule has 0 spiro atoms. The Morgan fingerprint density at radius 1 is 1.15 bits per heavy atom.